The summed E-state index contributed by atoms with van der Waals surface area (Å²) in [7, 11) is 0. The van der Waals surface area contributed by atoms with Gasteiger partial charge in [0.15, 0.2) is 0 Å². The maximum absolute atomic E-state index is 12.4. The Morgan fingerprint density at radius 1 is 0.957 bits per heavy atom. The fraction of sp³-hybridized carbons (Fsp3) is 0.556. The predicted octanol–water partition coefficient (Wildman–Crippen LogP) is 2.10. The summed E-state index contributed by atoms with van der Waals surface area (Å²) >= 11 is 0. The number of carbonyl (C=O) groups excluding carboxylic acids is 2. The number of hydrogen-bond acceptors (Lipinski definition) is 3. The van der Waals surface area contributed by atoms with Gasteiger partial charge in [-0.3, -0.25) is 9.59 Å². The zero-order valence-electron chi connectivity index (χ0n) is 14.1. The van der Waals surface area contributed by atoms with E-state index in [1.165, 1.54) is 0 Å². The molecule has 0 bridgehead atoms. The molecule has 1 aromatic carbocycles. The summed E-state index contributed by atoms with van der Waals surface area (Å²) in [5, 5.41) is 0. The van der Waals surface area contributed by atoms with E-state index in [4.69, 9.17) is 4.74 Å². The molecule has 1 aromatic rings. The number of ether oxygens (including phenoxy) is 1. The second kappa shape index (κ2) is 8.56. The van der Waals surface area contributed by atoms with E-state index in [9.17, 15) is 9.59 Å². The second-order valence-corrected chi connectivity index (χ2v) is 5.77. The van der Waals surface area contributed by atoms with Crippen LogP contribution in [0.1, 0.15) is 32.3 Å². The second-order valence-electron chi connectivity index (χ2n) is 5.77. The summed E-state index contributed by atoms with van der Waals surface area (Å²) in [5.41, 5.74) is 0.989. The zero-order valence-corrected chi connectivity index (χ0v) is 14.1. The monoisotopic (exact) mass is 318 g/mol. The van der Waals surface area contributed by atoms with E-state index >= 15 is 0 Å². The van der Waals surface area contributed by atoms with Crippen LogP contribution in [0.15, 0.2) is 24.3 Å². The highest BCUT2D eigenvalue weighted by atomic mass is 16.5. The van der Waals surface area contributed by atoms with Gasteiger partial charge in [-0.15, -0.1) is 0 Å². The topological polar surface area (TPSA) is 49.9 Å². The summed E-state index contributed by atoms with van der Waals surface area (Å²) < 4.78 is 5.40. The molecule has 1 fully saturated rings. The van der Waals surface area contributed by atoms with Gasteiger partial charge >= 0.3 is 0 Å². The molecule has 1 aliphatic heterocycles. The number of carbonyl (C=O) groups is 2. The van der Waals surface area contributed by atoms with Gasteiger partial charge in [-0.1, -0.05) is 19.1 Å². The quantitative estimate of drug-likeness (QED) is 0.807. The largest absolute Gasteiger partial charge is 0.494 e. The molecule has 1 aliphatic rings. The van der Waals surface area contributed by atoms with Gasteiger partial charge in [-0.2, -0.15) is 0 Å². The van der Waals surface area contributed by atoms with Crippen molar-refractivity contribution in [1.82, 2.24) is 9.80 Å². The van der Waals surface area contributed by atoms with Gasteiger partial charge in [0.05, 0.1) is 13.0 Å². The standard InChI is InChI=1S/C18H26N2O3/c1-3-5-17(21)19-10-12-20(13-11-19)18(22)14-15-6-8-16(9-7-15)23-4-2/h6-9H,3-5,10-14H2,1-2H3. The molecule has 0 unspecified atom stereocenters. The van der Waals surface area contributed by atoms with Crippen LogP contribution in [0.3, 0.4) is 0 Å². The molecule has 0 radical (unpaired) electrons. The highest BCUT2D eigenvalue weighted by molar-refractivity contribution is 5.80. The van der Waals surface area contributed by atoms with E-state index < -0.39 is 0 Å². The minimum Gasteiger partial charge on any atom is -0.494 e. The molecule has 5 nitrogen and oxygen atoms in total. The fourth-order valence-electron chi connectivity index (χ4n) is 2.73. The van der Waals surface area contributed by atoms with Gasteiger partial charge in [0.25, 0.3) is 0 Å². The Balaban J connectivity index is 1.81. The third kappa shape index (κ3) is 4.98. The Hall–Kier alpha value is -2.04. The molecule has 0 saturated carbocycles. The normalized spacial score (nSPS) is 14.7. The summed E-state index contributed by atoms with van der Waals surface area (Å²) in [6.07, 6.45) is 1.87. The number of rotatable bonds is 6. The Bertz CT molecular complexity index is 520. The van der Waals surface area contributed by atoms with Crippen LogP contribution < -0.4 is 4.74 Å². The molecular weight excluding hydrogens is 292 g/mol. The Labute approximate surface area is 138 Å². The van der Waals surface area contributed by atoms with Crippen LogP contribution in [0.4, 0.5) is 0 Å². The number of hydrogen-bond donors (Lipinski definition) is 0. The molecule has 2 amide bonds. The molecule has 1 heterocycles. The fourth-order valence-corrected chi connectivity index (χ4v) is 2.73. The van der Waals surface area contributed by atoms with Crippen LogP contribution in [0.2, 0.25) is 0 Å². The lowest BCUT2D eigenvalue weighted by atomic mass is 10.1. The van der Waals surface area contributed by atoms with Gasteiger partial charge in [0, 0.05) is 32.6 Å². The number of piperazine rings is 1. The van der Waals surface area contributed by atoms with Crippen molar-refractivity contribution in [2.24, 2.45) is 0 Å². The smallest absolute Gasteiger partial charge is 0.227 e. The average Bonchev–Trinajstić information content (AvgIpc) is 2.57. The minimum absolute atomic E-state index is 0.122. The predicted molar refractivity (Wildman–Crippen MR) is 89.4 cm³/mol. The molecule has 5 heteroatoms. The van der Waals surface area contributed by atoms with E-state index in [1.54, 1.807) is 0 Å². The third-order valence-electron chi connectivity index (χ3n) is 4.04. The van der Waals surface area contributed by atoms with E-state index in [2.05, 4.69) is 0 Å². The zero-order chi connectivity index (χ0) is 16.7. The molecular formula is C18H26N2O3. The van der Waals surface area contributed by atoms with Crippen LogP contribution in [0.25, 0.3) is 0 Å². The van der Waals surface area contributed by atoms with Crippen molar-refractivity contribution >= 4 is 11.8 Å². The first-order valence-electron chi connectivity index (χ1n) is 8.41. The summed E-state index contributed by atoms with van der Waals surface area (Å²) in [5.74, 6) is 1.15. The van der Waals surface area contributed by atoms with Crippen molar-refractivity contribution in [2.45, 2.75) is 33.1 Å². The minimum atomic E-state index is 0.122. The van der Waals surface area contributed by atoms with Gasteiger partial charge < -0.3 is 14.5 Å². The number of nitrogens with zero attached hydrogens (tertiary/aromatic N) is 2. The first-order chi connectivity index (χ1) is 11.1. The van der Waals surface area contributed by atoms with Crippen molar-refractivity contribution < 1.29 is 14.3 Å². The van der Waals surface area contributed by atoms with Crippen molar-refractivity contribution in [2.75, 3.05) is 32.8 Å². The van der Waals surface area contributed by atoms with Gasteiger partial charge in [-0.05, 0) is 31.0 Å². The Kier molecular flexibility index (Phi) is 6.44. The number of benzene rings is 1. The molecule has 126 valence electrons. The van der Waals surface area contributed by atoms with Crippen molar-refractivity contribution in [1.29, 1.82) is 0 Å². The maximum Gasteiger partial charge on any atom is 0.227 e. The van der Waals surface area contributed by atoms with Crippen LogP contribution in [-0.2, 0) is 16.0 Å². The SMILES string of the molecule is CCCC(=O)N1CCN(C(=O)Cc2ccc(OCC)cc2)CC1. The lowest BCUT2D eigenvalue weighted by Crippen LogP contribution is -2.50. The summed E-state index contributed by atoms with van der Waals surface area (Å²) in [6, 6.07) is 7.66. The van der Waals surface area contributed by atoms with Crippen molar-refractivity contribution in [3.8, 4) is 5.75 Å². The van der Waals surface area contributed by atoms with Crippen molar-refractivity contribution in [3.63, 3.8) is 0 Å². The maximum atomic E-state index is 12.4. The molecule has 1 saturated heterocycles. The van der Waals surface area contributed by atoms with Gasteiger partial charge in [-0.25, -0.2) is 0 Å². The van der Waals surface area contributed by atoms with Gasteiger partial charge in [0.2, 0.25) is 11.8 Å². The first kappa shape index (κ1) is 17.3. The first-order valence-corrected chi connectivity index (χ1v) is 8.41. The lowest BCUT2D eigenvalue weighted by Gasteiger charge is -2.35. The van der Waals surface area contributed by atoms with Crippen LogP contribution >= 0.6 is 0 Å². The highest BCUT2D eigenvalue weighted by Gasteiger charge is 2.23. The van der Waals surface area contributed by atoms with Crippen LogP contribution in [0, 0.1) is 0 Å². The van der Waals surface area contributed by atoms with Crippen LogP contribution in [0.5, 0.6) is 5.75 Å². The molecule has 0 atom stereocenters. The van der Waals surface area contributed by atoms with E-state index in [0.717, 1.165) is 17.7 Å². The molecule has 23 heavy (non-hydrogen) atoms. The summed E-state index contributed by atoms with van der Waals surface area (Å²) in [6.45, 7) is 7.15. The molecule has 0 spiro atoms. The van der Waals surface area contributed by atoms with Crippen molar-refractivity contribution in [3.05, 3.63) is 29.8 Å². The van der Waals surface area contributed by atoms with Crippen LogP contribution in [-0.4, -0.2) is 54.4 Å². The van der Waals surface area contributed by atoms with E-state index in [1.807, 2.05) is 47.9 Å². The highest BCUT2D eigenvalue weighted by Crippen LogP contribution is 2.14. The molecule has 0 aliphatic carbocycles. The summed E-state index contributed by atoms with van der Waals surface area (Å²) in [4.78, 5) is 28.0. The van der Waals surface area contributed by atoms with E-state index in [0.29, 0.717) is 45.6 Å². The molecule has 0 aromatic heterocycles. The average molecular weight is 318 g/mol. The number of amides is 2. The van der Waals surface area contributed by atoms with E-state index in [-0.39, 0.29) is 11.8 Å². The third-order valence-corrected chi connectivity index (χ3v) is 4.04. The molecule has 0 N–H and O–H groups in total. The Morgan fingerprint density at radius 3 is 2.04 bits per heavy atom. The Morgan fingerprint density at radius 2 is 1.52 bits per heavy atom. The molecule has 2 rings (SSSR count). The van der Waals surface area contributed by atoms with Gasteiger partial charge in [0.1, 0.15) is 5.75 Å². The lowest BCUT2D eigenvalue weighted by molar-refractivity contribution is -0.139.